The van der Waals surface area contributed by atoms with Gasteiger partial charge in [0.25, 0.3) is 0 Å². The molecular formula is C12H18N6. The molecule has 0 radical (unpaired) electrons. The second kappa shape index (κ2) is 5.68. The molecule has 0 aliphatic rings. The lowest BCUT2D eigenvalue weighted by molar-refractivity contribution is 0.537. The highest BCUT2D eigenvalue weighted by molar-refractivity contribution is 5.22. The smallest absolute Gasteiger partial charge is 0.159 e. The summed E-state index contributed by atoms with van der Waals surface area (Å²) in [5.74, 6) is 2.22. The first-order valence-corrected chi connectivity index (χ1v) is 6.05. The summed E-state index contributed by atoms with van der Waals surface area (Å²) in [6.45, 7) is 7.91. The summed E-state index contributed by atoms with van der Waals surface area (Å²) in [5, 5.41) is 7.55. The molecule has 0 fully saturated rings. The normalized spacial score (nSPS) is 11.1. The predicted octanol–water partition coefficient (Wildman–Crippen LogP) is 1.11. The molecule has 0 unspecified atom stereocenters. The van der Waals surface area contributed by atoms with Crippen LogP contribution in [0.5, 0.6) is 0 Å². The van der Waals surface area contributed by atoms with Gasteiger partial charge in [0.05, 0.1) is 6.54 Å². The molecule has 18 heavy (non-hydrogen) atoms. The van der Waals surface area contributed by atoms with Crippen molar-refractivity contribution in [3.8, 4) is 5.82 Å². The van der Waals surface area contributed by atoms with Crippen molar-refractivity contribution in [2.45, 2.75) is 27.3 Å². The van der Waals surface area contributed by atoms with E-state index in [1.165, 1.54) is 6.33 Å². The highest BCUT2D eigenvalue weighted by Crippen LogP contribution is 2.05. The van der Waals surface area contributed by atoms with Gasteiger partial charge < -0.3 is 5.32 Å². The lowest BCUT2D eigenvalue weighted by Gasteiger charge is -2.08. The van der Waals surface area contributed by atoms with Gasteiger partial charge in [-0.3, -0.25) is 0 Å². The SMILES string of the molecule is Cc1cc(-n2ncnc2CNCC(C)C)ncn1. The molecule has 0 atom stereocenters. The molecule has 0 aliphatic carbocycles. The Labute approximate surface area is 106 Å². The summed E-state index contributed by atoms with van der Waals surface area (Å²) in [7, 11) is 0. The minimum Gasteiger partial charge on any atom is -0.310 e. The third-order valence-corrected chi connectivity index (χ3v) is 2.46. The number of hydrogen-bond acceptors (Lipinski definition) is 5. The van der Waals surface area contributed by atoms with Crippen LogP contribution in [-0.2, 0) is 6.54 Å². The van der Waals surface area contributed by atoms with Crippen molar-refractivity contribution in [2.75, 3.05) is 6.54 Å². The molecule has 2 heterocycles. The molecule has 2 aromatic heterocycles. The zero-order chi connectivity index (χ0) is 13.0. The lowest BCUT2D eigenvalue weighted by atomic mass is 10.2. The first kappa shape index (κ1) is 12.6. The molecule has 0 saturated carbocycles. The maximum absolute atomic E-state index is 4.25. The van der Waals surface area contributed by atoms with Gasteiger partial charge in [-0.1, -0.05) is 13.8 Å². The van der Waals surface area contributed by atoms with Crippen molar-refractivity contribution in [3.05, 3.63) is 30.2 Å². The average Bonchev–Trinajstić information content (AvgIpc) is 2.77. The zero-order valence-electron chi connectivity index (χ0n) is 11.0. The zero-order valence-corrected chi connectivity index (χ0v) is 11.0. The maximum atomic E-state index is 4.25. The van der Waals surface area contributed by atoms with Gasteiger partial charge >= 0.3 is 0 Å². The molecule has 0 aromatic carbocycles. The van der Waals surface area contributed by atoms with Crippen LogP contribution in [0.25, 0.3) is 5.82 Å². The van der Waals surface area contributed by atoms with Crippen LogP contribution in [0.4, 0.5) is 0 Å². The van der Waals surface area contributed by atoms with Crippen molar-refractivity contribution >= 4 is 0 Å². The van der Waals surface area contributed by atoms with E-state index in [0.717, 1.165) is 23.9 Å². The topological polar surface area (TPSA) is 68.5 Å². The van der Waals surface area contributed by atoms with Crippen molar-refractivity contribution in [1.82, 2.24) is 30.0 Å². The highest BCUT2D eigenvalue weighted by Gasteiger charge is 2.07. The first-order chi connectivity index (χ1) is 8.66. The number of hydrogen-bond donors (Lipinski definition) is 1. The fraction of sp³-hybridized carbons (Fsp3) is 0.500. The van der Waals surface area contributed by atoms with E-state index < -0.39 is 0 Å². The van der Waals surface area contributed by atoms with Crippen LogP contribution in [0.1, 0.15) is 25.4 Å². The number of nitrogens with zero attached hydrogens (tertiary/aromatic N) is 5. The average molecular weight is 246 g/mol. The third kappa shape index (κ3) is 3.10. The van der Waals surface area contributed by atoms with Gasteiger partial charge in [0, 0.05) is 11.8 Å². The summed E-state index contributed by atoms with van der Waals surface area (Å²) < 4.78 is 1.74. The van der Waals surface area contributed by atoms with Gasteiger partial charge in [0.15, 0.2) is 5.82 Å². The number of rotatable bonds is 5. The molecule has 0 spiro atoms. The van der Waals surface area contributed by atoms with E-state index in [9.17, 15) is 0 Å². The predicted molar refractivity (Wildman–Crippen MR) is 68.2 cm³/mol. The lowest BCUT2D eigenvalue weighted by Crippen LogP contribution is -2.21. The fourth-order valence-corrected chi connectivity index (χ4v) is 1.61. The van der Waals surface area contributed by atoms with Crippen LogP contribution in [0, 0.1) is 12.8 Å². The van der Waals surface area contributed by atoms with Crippen LogP contribution < -0.4 is 5.32 Å². The Kier molecular flexibility index (Phi) is 3.99. The molecule has 0 bridgehead atoms. The molecular weight excluding hydrogens is 228 g/mol. The Morgan fingerprint density at radius 1 is 1.22 bits per heavy atom. The highest BCUT2D eigenvalue weighted by atomic mass is 15.4. The Morgan fingerprint density at radius 3 is 2.78 bits per heavy atom. The van der Waals surface area contributed by atoms with Crippen molar-refractivity contribution in [2.24, 2.45) is 5.92 Å². The van der Waals surface area contributed by atoms with Gasteiger partial charge in [0.1, 0.15) is 18.5 Å². The van der Waals surface area contributed by atoms with Gasteiger partial charge in [-0.05, 0) is 19.4 Å². The van der Waals surface area contributed by atoms with E-state index in [-0.39, 0.29) is 0 Å². The first-order valence-electron chi connectivity index (χ1n) is 6.05. The Morgan fingerprint density at radius 2 is 2.06 bits per heavy atom. The van der Waals surface area contributed by atoms with E-state index in [1.807, 2.05) is 13.0 Å². The van der Waals surface area contributed by atoms with Crippen LogP contribution >= 0.6 is 0 Å². The minimum atomic E-state index is 0.614. The molecule has 6 heteroatoms. The van der Waals surface area contributed by atoms with Gasteiger partial charge in [-0.2, -0.15) is 9.78 Å². The maximum Gasteiger partial charge on any atom is 0.159 e. The molecule has 2 aromatic rings. The number of aromatic nitrogens is 5. The van der Waals surface area contributed by atoms with E-state index in [1.54, 1.807) is 11.0 Å². The molecule has 6 nitrogen and oxygen atoms in total. The van der Waals surface area contributed by atoms with Crippen LogP contribution in [0.2, 0.25) is 0 Å². The van der Waals surface area contributed by atoms with Gasteiger partial charge in [-0.25, -0.2) is 15.0 Å². The monoisotopic (exact) mass is 246 g/mol. The minimum absolute atomic E-state index is 0.614. The fourth-order valence-electron chi connectivity index (χ4n) is 1.61. The van der Waals surface area contributed by atoms with Crippen LogP contribution in [0.3, 0.4) is 0 Å². The van der Waals surface area contributed by atoms with E-state index in [2.05, 4.69) is 39.2 Å². The third-order valence-electron chi connectivity index (χ3n) is 2.46. The molecule has 0 amide bonds. The molecule has 1 N–H and O–H groups in total. The second-order valence-electron chi connectivity index (χ2n) is 4.63. The van der Waals surface area contributed by atoms with Crippen LogP contribution in [-0.4, -0.2) is 31.3 Å². The molecule has 0 saturated heterocycles. The van der Waals surface area contributed by atoms with Gasteiger partial charge in [0.2, 0.25) is 0 Å². The molecule has 96 valence electrons. The quantitative estimate of drug-likeness (QED) is 0.856. The Balaban J connectivity index is 2.12. The Hall–Kier alpha value is -1.82. The molecule has 0 aliphatic heterocycles. The second-order valence-corrected chi connectivity index (χ2v) is 4.63. The van der Waals surface area contributed by atoms with Crippen LogP contribution in [0.15, 0.2) is 18.7 Å². The Bertz CT molecular complexity index is 505. The summed E-state index contributed by atoms with van der Waals surface area (Å²) in [6.07, 6.45) is 3.08. The van der Waals surface area contributed by atoms with E-state index in [4.69, 9.17) is 0 Å². The van der Waals surface area contributed by atoms with Gasteiger partial charge in [-0.15, -0.1) is 0 Å². The standard InChI is InChI=1S/C12H18N6/c1-9(2)5-13-6-12-16-8-17-18(12)11-4-10(3)14-7-15-11/h4,7-9,13H,5-6H2,1-3H3. The van der Waals surface area contributed by atoms with Crippen molar-refractivity contribution in [1.29, 1.82) is 0 Å². The summed E-state index contributed by atoms with van der Waals surface area (Å²) in [4.78, 5) is 12.5. The van der Waals surface area contributed by atoms with Crippen molar-refractivity contribution < 1.29 is 0 Å². The largest absolute Gasteiger partial charge is 0.310 e. The van der Waals surface area contributed by atoms with Crippen molar-refractivity contribution in [3.63, 3.8) is 0 Å². The molecule has 2 rings (SSSR count). The number of aryl methyl sites for hydroxylation is 1. The van der Waals surface area contributed by atoms with E-state index >= 15 is 0 Å². The summed E-state index contributed by atoms with van der Waals surface area (Å²) in [5.41, 5.74) is 0.914. The summed E-state index contributed by atoms with van der Waals surface area (Å²) in [6, 6.07) is 1.89. The number of nitrogens with one attached hydrogen (secondary N) is 1. The summed E-state index contributed by atoms with van der Waals surface area (Å²) >= 11 is 0. The van der Waals surface area contributed by atoms with E-state index in [0.29, 0.717) is 12.5 Å².